The predicted molar refractivity (Wildman–Crippen MR) is 115 cm³/mol. The van der Waals surface area contributed by atoms with Crippen LogP contribution in [0.2, 0.25) is 8.26 Å². The first kappa shape index (κ1) is 24.6. The van der Waals surface area contributed by atoms with Crippen LogP contribution >= 0.6 is 24.8 Å². The van der Waals surface area contributed by atoms with E-state index in [1.165, 1.54) is 33.9 Å². The SMILES string of the molecule is CC[CH2][Zr](=[SiH2])([CH2]CC)([C]1=C(C)C(C)=CC1)[C]1=C(C)C(C)=CC1.Cl.Cl. The molecule has 0 spiro atoms. The van der Waals surface area contributed by atoms with E-state index in [0.717, 1.165) is 0 Å². The van der Waals surface area contributed by atoms with Gasteiger partial charge in [0, 0.05) is 0 Å². The molecule has 0 heterocycles. The van der Waals surface area contributed by atoms with Crippen molar-refractivity contribution in [1.29, 1.82) is 0 Å². The van der Waals surface area contributed by atoms with Gasteiger partial charge in [-0.2, -0.15) is 0 Å². The van der Waals surface area contributed by atoms with E-state index in [1.54, 1.807) is 22.3 Å². The molecular weight excluding hydrogens is 430 g/mol. The molecule has 0 radical (unpaired) electrons. The van der Waals surface area contributed by atoms with Crippen LogP contribution in [0.1, 0.15) is 67.2 Å². The quantitative estimate of drug-likeness (QED) is 0.371. The summed E-state index contributed by atoms with van der Waals surface area (Å²) in [7, 11) is 0. The van der Waals surface area contributed by atoms with E-state index in [-0.39, 0.29) is 24.8 Å². The minimum absolute atomic E-state index is 0. The normalized spacial score (nSPS) is 18.3. The first-order valence-electron chi connectivity index (χ1n) is 9.08. The van der Waals surface area contributed by atoms with Crippen LogP contribution in [0.15, 0.2) is 41.0 Å². The first-order valence-corrected chi connectivity index (χ1v) is 20.9. The monoisotopic (exact) mass is 464 g/mol. The maximum Gasteiger partial charge on any atom is -0.147 e. The topological polar surface area (TPSA) is 0 Å². The van der Waals surface area contributed by atoms with Crippen LogP contribution in [-0.4, -0.2) is 6.88 Å². The molecule has 2 rings (SSSR count). The van der Waals surface area contributed by atoms with E-state index in [9.17, 15) is 0 Å². The van der Waals surface area contributed by atoms with Crippen LogP contribution in [-0.2, 0) is 17.4 Å². The smallest absolute Gasteiger partial charge is 0.147 e. The van der Waals surface area contributed by atoms with E-state index in [4.69, 9.17) is 0 Å². The summed E-state index contributed by atoms with van der Waals surface area (Å²) in [5.74, 6) is 0. The van der Waals surface area contributed by atoms with Gasteiger partial charge >= 0.3 is 141 Å². The summed E-state index contributed by atoms with van der Waals surface area (Å²) in [6, 6.07) is 0. The van der Waals surface area contributed by atoms with Gasteiger partial charge in [-0.25, -0.2) is 0 Å². The summed E-state index contributed by atoms with van der Waals surface area (Å²) >= 11 is -3.06. The van der Waals surface area contributed by atoms with Gasteiger partial charge in [-0.05, 0) is 0 Å². The number of hydrogen-bond acceptors (Lipinski definition) is 0. The zero-order chi connectivity index (χ0) is 16.6. The van der Waals surface area contributed by atoms with Crippen LogP contribution in [0.25, 0.3) is 0 Å². The fourth-order valence-corrected chi connectivity index (χ4v) is 33.6. The molecule has 0 aromatic heterocycles. The van der Waals surface area contributed by atoms with Gasteiger partial charge in [0.1, 0.15) is 0 Å². The molecule has 0 aliphatic heterocycles. The van der Waals surface area contributed by atoms with Crippen molar-refractivity contribution < 1.29 is 17.4 Å². The molecule has 138 valence electrons. The molecule has 24 heavy (non-hydrogen) atoms. The fourth-order valence-electron chi connectivity index (χ4n) is 5.23. The molecule has 0 saturated heterocycles. The van der Waals surface area contributed by atoms with Gasteiger partial charge in [-0.15, -0.1) is 24.8 Å². The first-order chi connectivity index (χ1) is 10.3. The largest absolute Gasteiger partial charge is 0.147 e. The van der Waals surface area contributed by atoms with Gasteiger partial charge in [0.15, 0.2) is 0 Å². The molecule has 4 heteroatoms. The maximum atomic E-state index is 2.52. The number of halogens is 2. The van der Waals surface area contributed by atoms with E-state index in [0.29, 0.717) is 0 Å². The van der Waals surface area contributed by atoms with Gasteiger partial charge < -0.3 is 0 Å². The maximum absolute atomic E-state index is 3.06. The molecule has 0 atom stereocenters. The predicted octanol–water partition coefficient (Wildman–Crippen LogP) is 6.97. The third kappa shape index (κ3) is 3.83. The standard InChI is InChI=1S/2C7H9.2C3H7.2ClH.H2Si.Zr/c2*1-6-4-3-5-7(6)2;2*1-3-2;;;;/h2*4H,3H2,1-2H3;2*1,3H2,2H3;2*1H;1H2;. The van der Waals surface area contributed by atoms with Crippen molar-refractivity contribution in [2.24, 2.45) is 0 Å². The second-order valence-corrected chi connectivity index (χ2v) is 32.9. The second kappa shape index (κ2) is 9.03. The van der Waals surface area contributed by atoms with Crippen molar-refractivity contribution in [3.05, 3.63) is 41.0 Å². The summed E-state index contributed by atoms with van der Waals surface area (Å²) in [4.78, 5) is 0. The van der Waals surface area contributed by atoms with Gasteiger partial charge in [0.05, 0.1) is 0 Å². The second-order valence-electron chi connectivity index (χ2n) is 7.83. The van der Waals surface area contributed by atoms with Gasteiger partial charge in [-0.3, -0.25) is 0 Å². The molecule has 0 N–H and O–H groups in total. The van der Waals surface area contributed by atoms with Crippen molar-refractivity contribution in [3.63, 3.8) is 0 Å². The Morgan fingerprint density at radius 1 is 0.792 bits per heavy atom. The third-order valence-electron chi connectivity index (χ3n) is 6.60. The summed E-state index contributed by atoms with van der Waals surface area (Å²) in [6.07, 6.45) is 10.2. The van der Waals surface area contributed by atoms with Crippen molar-refractivity contribution >= 4 is 31.7 Å². The average Bonchev–Trinajstić information content (AvgIpc) is 2.97. The minimum atomic E-state index is -3.06. The summed E-state index contributed by atoms with van der Waals surface area (Å²) in [5, 5.41) is 0. The molecule has 0 nitrogen and oxygen atoms in total. The summed E-state index contributed by atoms with van der Waals surface area (Å²) in [5.41, 5.74) is 6.42. The molecule has 0 unspecified atom stereocenters. The van der Waals surface area contributed by atoms with Crippen LogP contribution in [0.3, 0.4) is 0 Å². The van der Waals surface area contributed by atoms with E-state index in [2.05, 4.69) is 60.6 Å². The molecule has 0 bridgehead atoms. The minimum Gasteiger partial charge on any atom is -0.147 e. The molecule has 0 fully saturated rings. The Bertz CT molecular complexity index is 620. The van der Waals surface area contributed by atoms with Gasteiger partial charge in [0.2, 0.25) is 0 Å². The van der Waals surface area contributed by atoms with E-state index < -0.39 is 17.4 Å². The number of hydrogen-bond donors (Lipinski definition) is 0. The molecule has 0 aromatic rings. The molecule has 2 aliphatic rings. The average molecular weight is 467 g/mol. The Kier molecular flexibility index (Phi) is 9.27. The molecule has 2 aliphatic carbocycles. The summed E-state index contributed by atoms with van der Waals surface area (Å²) < 4.78 is 6.85. The van der Waals surface area contributed by atoms with E-state index >= 15 is 0 Å². The van der Waals surface area contributed by atoms with Crippen LogP contribution < -0.4 is 0 Å². The van der Waals surface area contributed by atoms with Crippen molar-refractivity contribution in [3.8, 4) is 0 Å². The van der Waals surface area contributed by atoms with Crippen LogP contribution in [0, 0.1) is 0 Å². The Morgan fingerprint density at radius 3 is 1.33 bits per heavy atom. The Labute approximate surface area is 164 Å². The molecule has 0 saturated carbocycles. The van der Waals surface area contributed by atoms with Crippen LogP contribution in [0.5, 0.6) is 0 Å². The third-order valence-corrected chi connectivity index (χ3v) is 34.9. The molecule has 0 amide bonds. The summed E-state index contributed by atoms with van der Waals surface area (Å²) in [6.45, 7) is 16.8. The van der Waals surface area contributed by atoms with Crippen LogP contribution in [0.4, 0.5) is 0 Å². The fraction of sp³-hybridized carbons (Fsp3) is 0.600. The number of allylic oxidation sites excluding steroid dienone is 8. The van der Waals surface area contributed by atoms with E-state index in [1.807, 2.05) is 6.56 Å². The van der Waals surface area contributed by atoms with Crippen molar-refractivity contribution in [2.75, 3.05) is 0 Å². The van der Waals surface area contributed by atoms with Crippen molar-refractivity contribution in [2.45, 2.75) is 75.5 Å². The molecular formula is C20H36Cl2SiZr. The Hall–Kier alpha value is 0.640. The van der Waals surface area contributed by atoms with Gasteiger partial charge in [-0.1, -0.05) is 0 Å². The Morgan fingerprint density at radius 2 is 1.12 bits per heavy atom. The Balaban J connectivity index is 0.00000264. The molecule has 0 aromatic carbocycles. The zero-order valence-corrected chi connectivity index (χ0v) is 21.9. The van der Waals surface area contributed by atoms with Gasteiger partial charge in [0.25, 0.3) is 0 Å². The zero-order valence-electron chi connectivity index (χ0n) is 16.4. The number of rotatable bonds is 6. The van der Waals surface area contributed by atoms with Crippen molar-refractivity contribution in [1.82, 2.24) is 0 Å².